The first-order valence-electron chi connectivity index (χ1n) is 6.28. The SMILES string of the molecule is Nc1cc(-c2nc(CC3CCOC3)no2)c(F)cc1F. The fraction of sp³-hybridized carbons (Fsp3) is 0.385. The molecular weight excluding hydrogens is 268 g/mol. The van der Waals surface area contributed by atoms with E-state index in [-0.39, 0.29) is 17.1 Å². The van der Waals surface area contributed by atoms with E-state index in [1.807, 2.05) is 0 Å². The molecular formula is C13H13F2N3O2. The minimum Gasteiger partial charge on any atom is -0.396 e. The van der Waals surface area contributed by atoms with Gasteiger partial charge in [-0.1, -0.05) is 5.16 Å². The van der Waals surface area contributed by atoms with Crippen molar-refractivity contribution in [2.45, 2.75) is 12.8 Å². The molecule has 1 aromatic heterocycles. The van der Waals surface area contributed by atoms with Gasteiger partial charge in [0.25, 0.3) is 5.89 Å². The third-order valence-electron chi connectivity index (χ3n) is 3.28. The predicted octanol–water partition coefficient (Wildman–Crippen LogP) is 2.18. The molecule has 0 saturated carbocycles. The number of hydrogen-bond acceptors (Lipinski definition) is 5. The number of ether oxygens (including phenoxy) is 1. The molecule has 106 valence electrons. The van der Waals surface area contributed by atoms with Crippen LogP contribution in [0.15, 0.2) is 16.7 Å². The third-order valence-corrected chi connectivity index (χ3v) is 3.28. The summed E-state index contributed by atoms with van der Waals surface area (Å²) in [6, 6.07) is 1.86. The van der Waals surface area contributed by atoms with E-state index in [9.17, 15) is 8.78 Å². The maximum Gasteiger partial charge on any atom is 0.260 e. The average Bonchev–Trinajstić information content (AvgIpc) is 3.06. The topological polar surface area (TPSA) is 74.2 Å². The van der Waals surface area contributed by atoms with Crippen LogP contribution in [0.3, 0.4) is 0 Å². The van der Waals surface area contributed by atoms with Crippen LogP contribution in [0, 0.1) is 17.6 Å². The number of benzene rings is 1. The molecule has 1 atom stereocenters. The summed E-state index contributed by atoms with van der Waals surface area (Å²) in [5.41, 5.74) is 5.26. The van der Waals surface area contributed by atoms with Gasteiger partial charge in [-0.25, -0.2) is 8.78 Å². The Bertz CT molecular complexity index is 624. The molecule has 0 aliphatic carbocycles. The molecule has 20 heavy (non-hydrogen) atoms. The molecule has 0 spiro atoms. The number of nitrogens with two attached hydrogens (primary N) is 1. The second-order valence-electron chi connectivity index (χ2n) is 4.80. The summed E-state index contributed by atoms with van der Waals surface area (Å²) in [7, 11) is 0. The van der Waals surface area contributed by atoms with Crippen LogP contribution in [0.1, 0.15) is 12.2 Å². The summed E-state index contributed by atoms with van der Waals surface area (Å²) in [5.74, 6) is -0.755. The summed E-state index contributed by atoms with van der Waals surface area (Å²) in [6.07, 6.45) is 1.56. The van der Waals surface area contributed by atoms with Gasteiger partial charge in [0.2, 0.25) is 0 Å². The van der Waals surface area contributed by atoms with Gasteiger partial charge in [0.15, 0.2) is 5.82 Å². The van der Waals surface area contributed by atoms with E-state index in [2.05, 4.69) is 10.1 Å². The fourth-order valence-corrected chi connectivity index (χ4v) is 2.18. The molecule has 1 aliphatic rings. The van der Waals surface area contributed by atoms with Gasteiger partial charge < -0.3 is 15.0 Å². The standard InChI is InChI=1S/C13H13F2N3O2/c14-9-5-10(15)11(16)4-8(9)13-17-12(18-20-13)3-7-1-2-19-6-7/h4-5,7H,1-3,6,16H2. The van der Waals surface area contributed by atoms with E-state index in [4.69, 9.17) is 15.0 Å². The molecule has 3 rings (SSSR count). The predicted molar refractivity (Wildman–Crippen MR) is 66.7 cm³/mol. The van der Waals surface area contributed by atoms with Crippen molar-refractivity contribution in [3.05, 3.63) is 29.6 Å². The number of nitrogens with zero attached hydrogens (tertiary/aromatic N) is 2. The zero-order valence-electron chi connectivity index (χ0n) is 10.6. The van der Waals surface area contributed by atoms with Crippen LogP contribution in [-0.2, 0) is 11.2 Å². The summed E-state index contributed by atoms with van der Waals surface area (Å²) >= 11 is 0. The van der Waals surface area contributed by atoms with Crippen LogP contribution >= 0.6 is 0 Å². The smallest absolute Gasteiger partial charge is 0.260 e. The molecule has 1 fully saturated rings. The fourth-order valence-electron chi connectivity index (χ4n) is 2.18. The molecule has 0 bridgehead atoms. The molecule has 1 saturated heterocycles. The van der Waals surface area contributed by atoms with Crippen LogP contribution in [0.2, 0.25) is 0 Å². The second-order valence-corrected chi connectivity index (χ2v) is 4.80. The largest absolute Gasteiger partial charge is 0.396 e. The molecule has 2 N–H and O–H groups in total. The van der Waals surface area contributed by atoms with Crippen molar-refractivity contribution >= 4 is 5.69 Å². The first-order chi connectivity index (χ1) is 9.63. The van der Waals surface area contributed by atoms with Crippen molar-refractivity contribution in [1.82, 2.24) is 10.1 Å². The van der Waals surface area contributed by atoms with Crippen LogP contribution in [-0.4, -0.2) is 23.4 Å². The lowest BCUT2D eigenvalue weighted by Gasteiger charge is -2.02. The average molecular weight is 281 g/mol. The Labute approximate surface area is 113 Å². The Morgan fingerprint density at radius 1 is 1.30 bits per heavy atom. The number of hydrogen-bond donors (Lipinski definition) is 1. The molecule has 5 nitrogen and oxygen atoms in total. The molecule has 2 aromatic rings. The maximum absolute atomic E-state index is 13.7. The molecule has 0 radical (unpaired) electrons. The quantitative estimate of drug-likeness (QED) is 0.873. The van der Waals surface area contributed by atoms with Gasteiger partial charge in [0.05, 0.1) is 11.3 Å². The molecule has 1 unspecified atom stereocenters. The highest BCUT2D eigenvalue weighted by Crippen LogP contribution is 2.26. The van der Waals surface area contributed by atoms with E-state index in [0.717, 1.165) is 19.1 Å². The van der Waals surface area contributed by atoms with Crippen LogP contribution in [0.25, 0.3) is 11.5 Å². The second kappa shape index (κ2) is 5.16. The van der Waals surface area contributed by atoms with Gasteiger partial charge in [-0.15, -0.1) is 0 Å². The molecule has 7 heteroatoms. The van der Waals surface area contributed by atoms with Gasteiger partial charge in [0, 0.05) is 25.7 Å². The third kappa shape index (κ3) is 2.49. The van der Waals surface area contributed by atoms with Gasteiger partial charge in [-0.05, 0) is 18.4 Å². The number of rotatable bonds is 3. The maximum atomic E-state index is 13.7. The van der Waals surface area contributed by atoms with Crippen LogP contribution in [0.5, 0.6) is 0 Å². The van der Waals surface area contributed by atoms with Crippen LogP contribution in [0.4, 0.5) is 14.5 Å². The first kappa shape index (κ1) is 13.0. The number of nitrogen functional groups attached to an aromatic ring is 1. The Balaban J connectivity index is 1.84. The van der Waals surface area contributed by atoms with Crippen LogP contribution < -0.4 is 5.73 Å². The van der Waals surface area contributed by atoms with Gasteiger partial charge in [-0.2, -0.15) is 4.98 Å². The zero-order chi connectivity index (χ0) is 14.1. The number of aromatic nitrogens is 2. The van der Waals surface area contributed by atoms with E-state index in [1.54, 1.807) is 0 Å². The van der Waals surface area contributed by atoms with E-state index < -0.39 is 11.6 Å². The van der Waals surface area contributed by atoms with Crippen molar-refractivity contribution in [2.24, 2.45) is 5.92 Å². The van der Waals surface area contributed by atoms with Crippen molar-refractivity contribution in [1.29, 1.82) is 0 Å². The number of halogens is 2. The van der Waals surface area contributed by atoms with Crippen molar-refractivity contribution < 1.29 is 18.0 Å². The molecule has 2 heterocycles. The molecule has 0 amide bonds. The summed E-state index contributed by atoms with van der Waals surface area (Å²) in [4.78, 5) is 4.12. The highest BCUT2D eigenvalue weighted by Gasteiger charge is 2.21. The Morgan fingerprint density at radius 3 is 2.90 bits per heavy atom. The minimum absolute atomic E-state index is 0.00288. The monoisotopic (exact) mass is 281 g/mol. The molecule has 1 aromatic carbocycles. The normalized spacial score (nSPS) is 18.6. The Hall–Kier alpha value is -2.02. The van der Waals surface area contributed by atoms with Crippen molar-refractivity contribution in [3.8, 4) is 11.5 Å². The van der Waals surface area contributed by atoms with Gasteiger partial charge >= 0.3 is 0 Å². The summed E-state index contributed by atoms with van der Waals surface area (Å²) in [5, 5.41) is 3.81. The van der Waals surface area contributed by atoms with E-state index in [0.29, 0.717) is 30.8 Å². The van der Waals surface area contributed by atoms with Gasteiger partial charge in [-0.3, -0.25) is 0 Å². The van der Waals surface area contributed by atoms with E-state index >= 15 is 0 Å². The number of anilines is 1. The Morgan fingerprint density at radius 2 is 2.15 bits per heavy atom. The minimum atomic E-state index is -0.811. The zero-order valence-corrected chi connectivity index (χ0v) is 10.6. The lowest BCUT2D eigenvalue weighted by Crippen LogP contribution is -2.04. The van der Waals surface area contributed by atoms with Crippen molar-refractivity contribution in [2.75, 3.05) is 18.9 Å². The lowest BCUT2D eigenvalue weighted by atomic mass is 10.1. The first-order valence-corrected chi connectivity index (χ1v) is 6.28. The Kier molecular flexibility index (Phi) is 3.35. The highest BCUT2D eigenvalue weighted by atomic mass is 19.1. The molecule has 1 aliphatic heterocycles. The summed E-state index contributed by atoms with van der Waals surface area (Å²) < 4.78 is 37.1. The van der Waals surface area contributed by atoms with Crippen molar-refractivity contribution in [3.63, 3.8) is 0 Å². The lowest BCUT2D eigenvalue weighted by molar-refractivity contribution is 0.185. The summed E-state index contributed by atoms with van der Waals surface area (Å²) in [6.45, 7) is 1.40. The van der Waals surface area contributed by atoms with Gasteiger partial charge in [0.1, 0.15) is 11.6 Å². The highest BCUT2D eigenvalue weighted by molar-refractivity contribution is 5.61. The van der Waals surface area contributed by atoms with E-state index in [1.165, 1.54) is 0 Å².